The van der Waals surface area contributed by atoms with E-state index in [4.69, 9.17) is 9.84 Å². The van der Waals surface area contributed by atoms with E-state index in [9.17, 15) is 4.79 Å². The summed E-state index contributed by atoms with van der Waals surface area (Å²) in [6, 6.07) is 31.4. The maximum Gasteiger partial charge on any atom is 0.323 e. The van der Waals surface area contributed by atoms with Gasteiger partial charge in [-0.15, -0.1) is 0 Å². The molecule has 0 saturated heterocycles. The predicted molar refractivity (Wildman–Crippen MR) is 148 cm³/mol. The topological polar surface area (TPSA) is 64.3 Å². The highest BCUT2D eigenvalue weighted by Crippen LogP contribution is 2.39. The Labute approximate surface area is 221 Å². The van der Waals surface area contributed by atoms with Crippen LogP contribution < -0.4 is 10.1 Å². The molecule has 2 amide bonds. The number of urea groups is 1. The number of carbonyl (C=O) groups excluding carboxylic acids is 1. The monoisotopic (exact) mass is 503 g/mol. The minimum atomic E-state index is -0.318. The van der Waals surface area contributed by atoms with Gasteiger partial charge in [0.25, 0.3) is 0 Å². The fourth-order valence-corrected chi connectivity index (χ4v) is 5.17. The Morgan fingerprint density at radius 2 is 1.66 bits per heavy atom. The van der Waals surface area contributed by atoms with Crippen LogP contribution in [0.15, 0.2) is 103 Å². The zero-order valence-corrected chi connectivity index (χ0v) is 21.4. The van der Waals surface area contributed by atoms with Crippen LogP contribution in [-0.2, 0) is 6.54 Å². The maximum absolute atomic E-state index is 14.1. The first kappa shape index (κ1) is 23.6. The molecule has 5 aromatic rings. The van der Waals surface area contributed by atoms with Crippen LogP contribution >= 0.6 is 0 Å². The van der Waals surface area contributed by atoms with Gasteiger partial charge in [-0.2, -0.15) is 5.10 Å². The van der Waals surface area contributed by atoms with Gasteiger partial charge in [-0.05, 0) is 55.8 Å². The van der Waals surface area contributed by atoms with Gasteiger partial charge in [-0.1, -0.05) is 60.7 Å². The fourth-order valence-electron chi connectivity index (χ4n) is 5.17. The molecule has 0 saturated carbocycles. The van der Waals surface area contributed by atoms with Crippen LogP contribution in [0.25, 0.3) is 11.5 Å². The summed E-state index contributed by atoms with van der Waals surface area (Å²) in [5, 5.41) is 8.04. The molecule has 3 heterocycles. The Hall–Kier alpha value is -4.78. The van der Waals surface area contributed by atoms with Crippen LogP contribution in [0.4, 0.5) is 10.5 Å². The first-order valence-corrected chi connectivity index (χ1v) is 12.8. The zero-order chi connectivity index (χ0) is 26.1. The van der Waals surface area contributed by atoms with Gasteiger partial charge in [-0.25, -0.2) is 9.48 Å². The molecule has 1 aliphatic rings. The highest BCUT2D eigenvalue weighted by molar-refractivity contribution is 5.91. The van der Waals surface area contributed by atoms with Crippen molar-refractivity contribution in [2.75, 3.05) is 11.9 Å². The number of hydrogen-bond acceptors (Lipinski definition) is 3. The highest BCUT2D eigenvalue weighted by atomic mass is 16.5. The van der Waals surface area contributed by atoms with Crippen molar-refractivity contribution in [3.05, 3.63) is 126 Å². The lowest BCUT2D eigenvalue weighted by Crippen LogP contribution is -2.38. The van der Waals surface area contributed by atoms with Crippen molar-refractivity contribution >= 4 is 11.7 Å². The predicted octanol–water partition coefficient (Wildman–Crippen LogP) is 6.51. The molecule has 190 valence electrons. The van der Waals surface area contributed by atoms with Crippen molar-refractivity contribution in [1.29, 1.82) is 0 Å². The first-order chi connectivity index (χ1) is 18.7. The van der Waals surface area contributed by atoms with Gasteiger partial charge in [-0.3, -0.25) is 0 Å². The van der Waals surface area contributed by atoms with E-state index in [2.05, 4.69) is 34.3 Å². The van der Waals surface area contributed by atoms with E-state index < -0.39 is 0 Å². The van der Waals surface area contributed by atoms with Crippen molar-refractivity contribution in [3.63, 3.8) is 0 Å². The van der Waals surface area contributed by atoms with Crippen molar-refractivity contribution in [3.8, 4) is 17.3 Å². The molecule has 0 bridgehead atoms. The van der Waals surface area contributed by atoms with E-state index >= 15 is 0 Å². The Balaban J connectivity index is 1.51. The van der Waals surface area contributed by atoms with Gasteiger partial charge in [0, 0.05) is 11.8 Å². The summed E-state index contributed by atoms with van der Waals surface area (Å²) in [6.07, 6.45) is 2.05. The second kappa shape index (κ2) is 9.94. The molecule has 7 nitrogen and oxygen atoms in total. The summed E-state index contributed by atoms with van der Waals surface area (Å²) in [4.78, 5) is 16.0. The van der Waals surface area contributed by atoms with Crippen LogP contribution in [-0.4, -0.2) is 31.9 Å². The Bertz CT molecular complexity index is 1570. The molecule has 3 aromatic carbocycles. The van der Waals surface area contributed by atoms with E-state index in [1.807, 2.05) is 102 Å². The number of nitrogens with zero attached hydrogens (tertiary/aromatic N) is 4. The number of fused-ring (bicyclic) bond motifs is 3. The molecule has 0 radical (unpaired) electrons. The van der Waals surface area contributed by atoms with Gasteiger partial charge >= 0.3 is 6.03 Å². The third-order valence-corrected chi connectivity index (χ3v) is 6.89. The number of aromatic nitrogens is 3. The number of anilines is 1. The molecule has 7 heteroatoms. The average molecular weight is 504 g/mol. The summed E-state index contributed by atoms with van der Waals surface area (Å²) in [6.45, 7) is 4.84. The number of carbonyl (C=O) groups is 1. The van der Waals surface area contributed by atoms with Crippen LogP contribution in [0.2, 0.25) is 0 Å². The molecule has 0 fully saturated rings. The summed E-state index contributed by atoms with van der Waals surface area (Å²) in [7, 11) is 0. The molecular weight excluding hydrogens is 474 g/mol. The van der Waals surface area contributed by atoms with Crippen molar-refractivity contribution in [1.82, 2.24) is 19.2 Å². The van der Waals surface area contributed by atoms with E-state index in [1.165, 1.54) is 0 Å². The smallest absolute Gasteiger partial charge is 0.323 e. The molecule has 0 aliphatic carbocycles. The number of nitrogens with one attached hydrogen (secondary N) is 1. The summed E-state index contributed by atoms with van der Waals surface area (Å²) < 4.78 is 9.92. The maximum atomic E-state index is 14.1. The highest BCUT2D eigenvalue weighted by Gasteiger charge is 2.36. The number of para-hydroxylation sites is 3. The molecule has 2 aromatic heterocycles. The fraction of sp³-hybridized carbons (Fsp3) is 0.161. The lowest BCUT2D eigenvalue weighted by molar-refractivity contribution is 0.194. The van der Waals surface area contributed by atoms with Crippen molar-refractivity contribution in [2.24, 2.45) is 0 Å². The Morgan fingerprint density at radius 1 is 0.947 bits per heavy atom. The number of hydrogen-bond donors (Lipinski definition) is 1. The minimum Gasteiger partial charge on any atom is -0.492 e. The molecule has 6 rings (SSSR count). The quantitative estimate of drug-likeness (QED) is 0.297. The van der Waals surface area contributed by atoms with Gasteiger partial charge in [0.15, 0.2) is 0 Å². The Morgan fingerprint density at radius 3 is 2.42 bits per heavy atom. The lowest BCUT2D eigenvalue weighted by Gasteiger charge is -2.31. The number of ether oxygens (including phenoxy) is 1. The summed E-state index contributed by atoms with van der Waals surface area (Å²) in [5.41, 5.74) is 5.50. The van der Waals surface area contributed by atoms with Gasteiger partial charge in [0.1, 0.15) is 11.6 Å². The van der Waals surface area contributed by atoms with Crippen LogP contribution in [0.1, 0.15) is 35.5 Å². The molecule has 1 atom stereocenters. The van der Waals surface area contributed by atoms with Gasteiger partial charge < -0.3 is 19.5 Å². The average Bonchev–Trinajstić information content (AvgIpc) is 3.51. The van der Waals surface area contributed by atoms with E-state index in [-0.39, 0.29) is 12.1 Å². The first-order valence-electron chi connectivity index (χ1n) is 12.8. The van der Waals surface area contributed by atoms with Gasteiger partial charge in [0.2, 0.25) is 0 Å². The van der Waals surface area contributed by atoms with E-state index in [1.54, 1.807) is 0 Å². The summed E-state index contributed by atoms with van der Waals surface area (Å²) >= 11 is 0. The normalized spacial score (nSPS) is 14.4. The second-order valence-electron chi connectivity index (χ2n) is 9.24. The van der Waals surface area contributed by atoms with Crippen molar-refractivity contribution in [2.45, 2.75) is 26.4 Å². The van der Waals surface area contributed by atoms with Crippen LogP contribution in [0.3, 0.4) is 0 Å². The number of rotatable bonds is 5. The largest absolute Gasteiger partial charge is 0.492 e. The molecule has 1 N–H and O–H groups in total. The molecular formula is C31H29N5O2. The number of amides is 2. The van der Waals surface area contributed by atoms with Crippen molar-refractivity contribution < 1.29 is 9.53 Å². The van der Waals surface area contributed by atoms with E-state index in [0.29, 0.717) is 24.6 Å². The molecule has 0 spiro atoms. The summed E-state index contributed by atoms with van der Waals surface area (Å²) in [5.74, 6) is 1.59. The van der Waals surface area contributed by atoms with Gasteiger partial charge in [0.05, 0.1) is 42.0 Å². The number of aryl methyl sites for hydroxylation is 1. The Kier molecular flexibility index (Phi) is 6.17. The number of benzene rings is 3. The third kappa shape index (κ3) is 4.12. The molecule has 38 heavy (non-hydrogen) atoms. The molecule has 0 unspecified atom stereocenters. The third-order valence-electron chi connectivity index (χ3n) is 6.89. The molecule has 1 aliphatic heterocycles. The second-order valence-corrected chi connectivity index (χ2v) is 9.24. The van der Waals surface area contributed by atoms with Crippen LogP contribution in [0, 0.1) is 6.92 Å². The zero-order valence-electron chi connectivity index (χ0n) is 21.4. The standard InChI is InChI=1S/C31H29N5O2/c1-3-38-28-19-11-10-17-26(28)32-31(37)35-21-25-22(2)33-36(24-15-8-5-9-16-24)30(25)34-20-12-18-27(34)29(35)23-13-6-4-7-14-23/h4-20,29H,3,21H2,1-2H3,(H,32,37)/t29-/m1/s1. The SMILES string of the molecule is CCOc1ccccc1NC(=O)N1Cc2c(C)nn(-c3ccccc3)c2-n2cccc2[C@H]1c1ccccc1. The van der Waals surface area contributed by atoms with Crippen LogP contribution in [0.5, 0.6) is 5.75 Å². The van der Waals surface area contributed by atoms with E-state index in [0.717, 1.165) is 34.0 Å². The minimum absolute atomic E-state index is 0.210. The lowest BCUT2D eigenvalue weighted by atomic mass is 10.0.